The zero-order valence-corrected chi connectivity index (χ0v) is 31.1. The Hall–Kier alpha value is -5.10. The fraction of sp³-hybridized carbons (Fsp3) is 0.179. The average Bonchev–Trinajstić information content (AvgIpc) is 3.42. The molecule has 1 aliphatic heterocycles. The molecule has 0 bridgehead atoms. The standard InChI is InChI=1S/C28H22IN7O15S3/c29-21-13-31(26-24(39)23(38)22(14-37)51-26)27(40)30-25(21)33(54(49,50)20-11-7-18(8-12-20)36(45)46)28(52)32(15-1-3-16(4-2-15)34(41)42)53(47,48)19-9-5-17(6-10-19)35(43)44/h1-13,22-24,26,37-39H,14H2. The number of non-ortho nitro benzene ring substituents is 3. The number of sulfonamides is 2. The van der Waals surface area contributed by atoms with E-state index in [-0.39, 0.29) is 12.2 Å². The predicted octanol–water partition coefficient (Wildman–Crippen LogP) is 1.56. The fourth-order valence-corrected chi connectivity index (χ4v) is 9.39. The van der Waals surface area contributed by atoms with Crippen molar-refractivity contribution in [2.24, 2.45) is 0 Å². The third kappa shape index (κ3) is 7.48. The molecule has 4 atom stereocenters. The van der Waals surface area contributed by atoms with Crippen LogP contribution in [-0.2, 0) is 24.8 Å². The summed E-state index contributed by atoms with van der Waals surface area (Å²) >= 11 is 7.05. The highest BCUT2D eigenvalue weighted by Gasteiger charge is 2.45. The molecule has 4 aromatic rings. The van der Waals surface area contributed by atoms with Crippen LogP contribution in [0.1, 0.15) is 6.23 Å². The molecule has 1 fully saturated rings. The molecule has 3 aromatic carbocycles. The van der Waals surface area contributed by atoms with E-state index in [0.29, 0.717) is 4.57 Å². The van der Waals surface area contributed by atoms with Crippen LogP contribution in [-0.4, -0.2) is 86.5 Å². The molecule has 0 aliphatic carbocycles. The number of anilines is 2. The van der Waals surface area contributed by atoms with Crippen LogP contribution in [0.15, 0.2) is 93.6 Å². The van der Waals surface area contributed by atoms with Gasteiger partial charge in [-0.15, -0.1) is 0 Å². The van der Waals surface area contributed by atoms with E-state index in [4.69, 9.17) is 17.0 Å². The van der Waals surface area contributed by atoms with E-state index in [1.807, 2.05) is 0 Å². The normalized spacial score (nSPS) is 18.5. The number of nitrogens with zero attached hydrogens (tertiary/aromatic N) is 7. The van der Waals surface area contributed by atoms with E-state index in [9.17, 15) is 67.3 Å². The number of thiocarbonyl (C=S) groups is 1. The van der Waals surface area contributed by atoms with Crippen LogP contribution in [0.4, 0.5) is 28.6 Å². The number of aliphatic hydroxyl groups excluding tert-OH is 3. The van der Waals surface area contributed by atoms with Crippen LogP contribution in [0.5, 0.6) is 0 Å². The SMILES string of the molecule is O=c1nc(N(C(=S)N(c2ccc([N+](=O)[O-])cc2)S(=O)(=O)c2ccc([N+](=O)[O-])cc2)S(=O)(=O)c2ccc([N+](=O)[O-])cc2)c(I)cn1C1OC(CO)C(O)C1O. The summed E-state index contributed by atoms with van der Waals surface area (Å²) in [5, 5.41) is 63.1. The van der Waals surface area contributed by atoms with Gasteiger partial charge in [-0.25, -0.2) is 25.9 Å². The summed E-state index contributed by atoms with van der Waals surface area (Å²) in [6.07, 6.45) is -5.50. The second-order valence-electron chi connectivity index (χ2n) is 10.9. The minimum absolute atomic E-state index is 0.138. The molecule has 284 valence electrons. The summed E-state index contributed by atoms with van der Waals surface area (Å²) in [4.78, 5) is 47.5. The zero-order valence-electron chi connectivity index (χ0n) is 26.5. The topological polar surface area (TPSA) is 309 Å². The number of nitro benzene ring substituents is 3. The van der Waals surface area contributed by atoms with Gasteiger partial charge in [0.2, 0.25) is 5.11 Å². The number of aromatic nitrogens is 2. The summed E-state index contributed by atoms with van der Waals surface area (Å²) in [5.41, 5.74) is -3.41. The van der Waals surface area contributed by atoms with Crippen molar-refractivity contribution in [1.29, 1.82) is 0 Å². The maximum Gasteiger partial charge on any atom is 0.351 e. The fourth-order valence-electron chi connectivity index (χ4n) is 5.01. The van der Waals surface area contributed by atoms with Gasteiger partial charge in [0.05, 0.1) is 40.4 Å². The van der Waals surface area contributed by atoms with Crippen LogP contribution in [0.2, 0.25) is 0 Å². The number of ether oxygens (including phenoxy) is 1. The zero-order chi connectivity index (χ0) is 39.9. The van der Waals surface area contributed by atoms with Gasteiger partial charge < -0.3 is 20.1 Å². The first-order valence-corrected chi connectivity index (χ1v) is 19.0. The molecule has 0 radical (unpaired) electrons. The minimum Gasteiger partial charge on any atom is -0.394 e. The van der Waals surface area contributed by atoms with Crippen LogP contribution < -0.4 is 14.3 Å². The van der Waals surface area contributed by atoms with E-state index in [0.717, 1.165) is 79.0 Å². The number of benzene rings is 3. The molecular weight excluding hydrogens is 897 g/mol. The van der Waals surface area contributed by atoms with Crippen molar-refractivity contribution in [3.63, 3.8) is 0 Å². The van der Waals surface area contributed by atoms with Gasteiger partial charge in [-0.1, -0.05) is 0 Å². The molecule has 0 spiro atoms. The Labute approximate surface area is 321 Å². The minimum atomic E-state index is -5.24. The average molecular weight is 920 g/mol. The monoisotopic (exact) mass is 919 g/mol. The molecule has 22 nitrogen and oxygen atoms in total. The van der Waals surface area contributed by atoms with E-state index in [1.165, 1.54) is 22.6 Å². The second-order valence-corrected chi connectivity index (χ2v) is 16.0. The van der Waals surface area contributed by atoms with Crippen LogP contribution >= 0.6 is 34.8 Å². The van der Waals surface area contributed by atoms with E-state index < -0.39 is 115 Å². The lowest BCUT2D eigenvalue weighted by Gasteiger charge is -2.32. The van der Waals surface area contributed by atoms with E-state index in [1.54, 1.807) is 0 Å². The number of halogens is 1. The summed E-state index contributed by atoms with van der Waals surface area (Å²) in [5.74, 6) is -0.849. The first kappa shape index (κ1) is 40.1. The van der Waals surface area contributed by atoms with Crippen molar-refractivity contribution in [2.45, 2.75) is 34.3 Å². The third-order valence-electron chi connectivity index (χ3n) is 7.69. The van der Waals surface area contributed by atoms with E-state index in [2.05, 4.69) is 4.98 Å². The van der Waals surface area contributed by atoms with Gasteiger partial charge in [0, 0.05) is 42.6 Å². The second kappa shape index (κ2) is 15.3. The highest BCUT2D eigenvalue weighted by Crippen LogP contribution is 2.35. The number of hydrogen-bond donors (Lipinski definition) is 3. The Balaban J connectivity index is 1.77. The number of hydrogen-bond acceptors (Lipinski definition) is 17. The predicted molar refractivity (Wildman–Crippen MR) is 195 cm³/mol. The van der Waals surface area contributed by atoms with Gasteiger partial charge in [0.15, 0.2) is 12.0 Å². The third-order valence-corrected chi connectivity index (χ3v) is 12.5. The van der Waals surface area contributed by atoms with Gasteiger partial charge in [-0.2, -0.15) is 9.29 Å². The first-order valence-electron chi connectivity index (χ1n) is 14.6. The summed E-state index contributed by atoms with van der Waals surface area (Å²) in [7, 11) is -10.4. The molecule has 26 heteroatoms. The van der Waals surface area contributed by atoms with Crippen molar-refractivity contribution in [3.8, 4) is 0 Å². The van der Waals surface area contributed by atoms with Crippen molar-refractivity contribution in [2.75, 3.05) is 15.2 Å². The van der Waals surface area contributed by atoms with Gasteiger partial charge in [-0.3, -0.25) is 34.9 Å². The summed E-state index contributed by atoms with van der Waals surface area (Å²) < 4.78 is 63.9. The molecule has 5 rings (SSSR count). The maximum atomic E-state index is 14.5. The number of nitro groups is 3. The summed E-state index contributed by atoms with van der Waals surface area (Å²) in [6, 6.07) is 10.0. The van der Waals surface area contributed by atoms with Crippen molar-refractivity contribution < 1.29 is 51.7 Å². The molecule has 0 saturated carbocycles. The van der Waals surface area contributed by atoms with Crippen molar-refractivity contribution in [1.82, 2.24) is 9.55 Å². The van der Waals surface area contributed by atoms with E-state index >= 15 is 0 Å². The van der Waals surface area contributed by atoms with Gasteiger partial charge in [0.1, 0.15) is 18.3 Å². The smallest absolute Gasteiger partial charge is 0.351 e. The summed E-state index contributed by atoms with van der Waals surface area (Å²) in [6.45, 7) is -0.761. The van der Waals surface area contributed by atoms with Gasteiger partial charge >= 0.3 is 5.69 Å². The lowest BCUT2D eigenvalue weighted by molar-refractivity contribution is -0.385. The molecular formula is C28H22IN7O15S3. The Morgan fingerprint density at radius 2 is 1.22 bits per heavy atom. The highest BCUT2D eigenvalue weighted by molar-refractivity contribution is 14.1. The Kier molecular flexibility index (Phi) is 11.4. The van der Waals surface area contributed by atoms with Crippen LogP contribution in [0, 0.1) is 33.9 Å². The largest absolute Gasteiger partial charge is 0.394 e. The molecule has 1 saturated heterocycles. The van der Waals surface area contributed by atoms with Gasteiger partial charge in [0.25, 0.3) is 37.1 Å². The quantitative estimate of drug-likeness (QED) is 0.0832. The molecule has 3 N–H and O–H groups in total. The molecule has 1 aliphatic rings. The number of rotatable bonds is 11. The van der Waals surface area contributed by atoms with Crippen LogP contribution in [0.3, 0.4) is 0 Å². The Morgan fingerprint density at radius 1 is 0.796 bits per heavy atom. The molecule has 0 amide bonds. The Morgan fingerprint density at radius 3 is 1.63 bits per heavy atom. The lowest BCUT2D eigenvalue weighted by Crippen LogP contribution is -2.50. The van der Waals surface area contributed by atoms with Crippen molar-refractivity contribution >= 4 is 88.5 Å². The lowest BCUT2D eigenvalue weighted by atomic mass is 10.1. The molecule has 4 unspecified atom stereocenters. The molecule has 1 aromatic heterocycles. The Bertz CT molecular complexity index is 2430. The molecule has 54 heavy (non-hydrogen) atoms. The maximum absolute atomic E-state index is 14.5. The van der Waals surface area contributed by atoms with Gasteiger partial charge in [-0.05, 0) is 71.2 Å². The van der Waals surface area contributed by atoms with Crippen LogP contribution in [0.25, 0.3) is 0 Å². The van der Waals surface area contributed by atoms with Crippen molar-refractivity contribution in [3.05, 3.63) is 123 Å². The first-order chi connectivity index (χ1) is 25.3. The number of aliphatic hydroxyl groups is 3. The highest BCUT2D eigenvalue weighted by atomic mass is 127. The molecule has 2 heterocycles.